The van der Waals surface area contributed by atoms with Crippen molar-refractivity contribution in [3.8, 4) is 71.4 Å². The van der Waals surface area contributed by atoms with Crippen LogP contribution in [0.25, 0.3) is 71.3 Å². The lowest BCUT2D eigenvalue weighted by molar-refractivity contribution is -0.117. The van der Waals surface area contributed by atoms with Crippen LogP contribution in [0.3, 0.4) is 0 Å². The summed E-state index contributed by atoms with van der Waals surface area (Å²) in [6.45, 7) is 5.97. The maximum atomic E-state index is 13.6. The van der Waals surface area contributed by atoms with Crippen LogP contribution in [0.1, 0.15) is 75.0 Å². The van der Waals surface area contributed by atoms with Crippen molar-refractivity contribution >= 4 is 91.2 Å². The smallest absolute Gasteiger partial charge is 0.258 e. The molecule has 0 atom stereocenters. The average molecular weight is 981 g/mol. The first-order chi connectivity index (χ1) is 32.4. The van der Waals surface area contributed by atoms with E-state index in [1.807, 2.05) is 12.1 Å². The molecule has 66 heavy (non-hydrogen) atoms. The van der Waals surface area contributed by atoms with Crippen LogP contribution >= 0.6 is 68.0 Å². The molecular formula is C54H48N2O4S6. The van der Waals surface area contributed by atoms with Crippen molar-refractivity contribution in [3.05, 3.63) is 142 Å². The van der Waals surface area contributed by atoms with Gasteiger partial charge in [-0.15, -0.1) is 68.0 Å². The zero-order valence-corrected chi connectivity index (χ0v) is 41.6. The topological polar surface area (TPSA) is 76.7 Å². The van der Waals surface area contributed by atoms with Crippen molar-refractivity contribution in [2.45, 2.75) is 65.2 Å². The summed E-state index contributed by atoms with van der Waals surface area (Å²) in [5.41, 5.74) is 4.34. The summed E-state index contributed by atoms with van der Waals surface area (Å²) < 4.78 is 11.9. The molecule has 0 saturated carbocycles. The lowest BCUT2D eigenvalue weighted by Crippen LogP contribution is -2.20. The van der Waals surface area contributed by atoms with Crippen LogP contribution in [0.4, 0.5) is 0 Å². The van der Waals surface area contributed by atoms with Gasteiger partial charge in [-0.05, 0) is 145 Å². The number of unbranched alkanes of at least 4 members (excludes halogenated alkanes) is 6. The number of benzene rings is 2. The number of carbonyl (C=O) groups excluding carboxylic acids is 2. The highest BCUT2D eigenvalue weighted by atomic mass is 32.1. The van der Waals surface area contributed by atoms with E-state index in [-0.39, 0.29) is 11.8 Å². The van der Waals surface area contributed by atoms with Crippen molar-refractivity contribution in [2.75, 3.05) is 13.2 Å². The van der Waals surface area contributed by atoms with Gasteiger partial charge in [0.2, 0.25) is 0 Å². The second-order valence-electron chi connectivity index (χ2n) is 16.3. The number of amides is 2. The monoisotopic (exact) mass is 980 g/mol. The summed E-state index contributed by atoms with van der Waals surface area (Å²) >= 11 is 10.2. The van der Waals surface area contributed by atoms with E-state index < -0.39 is 0 Å². The van der Waals surface area contributed by atoms with E-state index in [0.29, 0.717) is 22.5 Å². The zero-order valence-electron chi connectivity index (χ0n) is 36.7. The van der Waals surface area contributed by atoms with Crippen LogP contribution in [0.5, 0.6) is 11.5 Å². The Balaban J connectivity index is 0.800. The fraction of sp³-hybridized carbons (Fsp3) is 0.222. The molecule has 6 nitrogen and oxygen atoms in total. The lowest BCUT2D eigenvalue weighted by Gasteiger charge is -2.06. The molecule has 6 aromatic heterocycles. The van der Waals surface area contributed by atoms with Crippen molar-refractivity contribution in [3.63, 3.8) is 0 Å². The molecule has 0 bridgehead atoms. The fourth-order valence-corrected chi connectivity index (χ4v) is 14.5. The predicted molar refractivity (Wildman–Crippen MR) is 282 cm³/mol. The highest BCUT2D eigenvalue weighted by Gasteiger charge is 2.41. The predicted octanol–water partition coefficient (Wildman–Crippen LogP) is 16.4. The Morgan fingerprint density at radius 3 is 0.970 bits per heavy atom. The average Bonchev–Trinajstić information content (AvgIpc) is 4.19. The molecule has 0 saturated heterocycles. The second-order valence-corrected chi connectivity index (χ2v) is 22.8. The van der Waals surface area contributed by atoms with Gasteiger partial charge < -0.3 is 20.1 Å². The number of hydrogen-bond acceptors (Lipinski definition) is 10. The van der Waals surface area contributed by atoms with Crippen LogP contribution in [-0.2, 0) is 9.59 Å². The van der Waals surface area contributed by atoms with Gasteiger partial charge in [-0.25, -0.2) is 0 Å². The number of fused-ring (bicyclic) bond motifs is 1. The summed E-state index contributed by atoms with van der Waals surface area (Å²) in [5, 5.41) is 6.12. The Kier molecular flexibility index (Phi) is 13.7. The molecule has 2 aromatic carbocycles. The minimum absolute atomic E-state index is 0.258. The van der Waals surface area contributed by atoms with Gasteiger partial charge in [0, 0.05) is 48.8 Å². The molecule has 0 radical (unpaired) electrons. The first-order valence-electron chi connectivity index (χ1n) is 22.6. The fourth-order valence-electron chi connectivity index (χ4n) is 8.09. The Morgan fingerprint density at radius 2 is 0.636 bits per heavy atom. The highest BCUT2D eigenvalue weighted by molar-refractivity contribution is 7.28. The molecular weight excluding hydrogens is 933 g/mol. The van der Waals surface area contributed by atoms with Crippen LogP contribution in [-0.4, -0.2) is 25.0 Å². The maximum absolute atomic E-state index is 13.6. The normalized spacial score (nSPS) is 13.5. The van der Waals surface area contributed by atoms with E-state index in [2.05, 4.69) is 134 Å². The van der Waals surface area contributed by atoms with Crippen molar-refractivity contribution in [2.24, 2.45) is 0 Å². The van der Waals surface area contributed by atoms with E-state index in [9.17, 15) is 9.59 Å². The molecule has 0 fully saturated rings. The van der Waals surface area contributed by atoms with Crippen LogP contribution < -0.4 is 20.1 Å². The third-order valence-corrected chi connectivity index (χ3v) is 19.0. The Morgan fingerprint density at radius 1 is 0.348 bits per heavy atom. The van der Waals surface area contributed by atoms with Crippen LogP contribution in [0, 0.1) is 0 Å². The van der Waals surface area contributed by atoms with Gasteiger partial charge in [0.15, 0.2) is 0 Å². The molecule has 0 aliphatic carbocycles. The van der Waals surface area contributed by atoms with Crippen LogP contribution in [0.15, 0.2) is 132 Å². The summed E-state index contributed by atoms with van der Waals surface area (Å²) in [6.07, 6.45) is 9.56. The number of ether oxygens (including phenoxy) is 2. The molecule has 0 spiro atoms. The third kappa shape index (κ3) is 9.58. The first kappa shape index (κ1) is 44.5. The highest BCUT2D eigenvalue weighted by Crippen LogP contribution is 2.47. The number of hydrogen-bond donors (Lipinski definition) is 2. The minimum atomic E-state index is -0.258. The number of rotatable bonds is 20. The summed E-state index contributed by atoms with van der Waals surface area (Å²) in [5.74, 6) is 1.32. The van der Waals surface area contributed by atoms with Gasteiger partial charge in [-0.1, -0.05) is 52.4 Å². The standard InChI is InChI=1S/C54H48N2O4S6/c1-3-5-7-9-31-59-35-15-11-33(12-16-35)37-19-21-39(61-37)41-23-25-43(63-41)45-27-29-47(65-45)51-49-50(54(58)55-51)52(56-53(49)57)48-30-28-46(66-48)44-26-24-42(64-44)40-22-20-38(62-40)34-13-17-36(18-14-34)60-32-10-8-6-4-2/h11-30H,3-10,31-32H2,1-2H3,(H,55,58)(H,56,57). The number of thiophene rings is 6. The van der Waals surface area contributed by atoms with E-state index in [4.69, 9.17) is 9.47 Å². The summed E-state index contributed by atoms with van der Waals surface area (Å²) in [4.78, 5) is 40.7. The van der Waals surface area contributed by atoms with Crippen molar-refractivity contribution in [1.82, 2.24) is 10.6 Å². The minimum Gasteiger partial charge on any atom is -0.494 e. The Labute approximate surface area is 410 Å². The van der Waals surface area contributed by atoms with Gasteiger partial charge in [0.25, 0.3) is 11.8 Å². The summed E-state index contributed by atoms with van der Waals surface area (Å²) in [6, 6.07) is 42.5. The largest absolute Gasteiger partial charge is 0.494 e. The molecule has 2 aliphatic heterocycles. The van der Waals surface area contributed by atoms with Gasteiger partial charge >= 0.3 is 0 Å². The lowest BCUT2D eigenvalue weighted by atomic mass is 10.1. The quantitative estimate of drug-likeness (QED) is 0.0746. The Hall–Kier alpha value is -5.34. The third-order valence-electron chi connectivity index (χ3n) is 11.6. The van der Waals surface area contributed by atoms with E-state index in [1.54, 1.807) is 68.0 Å². The first-order valence-corrected chi connectivity index (χ1v) is 27.5. The van der Waals surface area contributed by atoms with E-state index in [0.717, 1.165) is 66.8 Å². The van der Waals surface area contributed by atoms with E-state index in [1.165, 1.54) is 78.9 Å². The van der Waals surface area contributed by atoms with Gasteiger partial charge in [0.05, 0.1) is 45.5 Å². The number of nitrogens with one attached hydrogen (secondary N) is 2. The van der Waals surface area contributed by atoms with Crippen molar-refractivity contribution in [1.29, 1.82) is 0 Å². The molecule has 12 heteroatoms. The van der Waals surface area contributed by atoms with Crippen molar-refractivity contribution < 1.29 is 19.1 Å². The molecule has 2 N–H and O–H groups in total. The molecule has 8 heterocycles. The molecule has 10 rings (SSSR count). The van der Waals surface area contributed by atoms with E-state index >= 15 is 0 Å². The Bertz CT molecular complexity index is 2850. The van der Waals surface area contributed by atoms with Crippen LogP contribution in [0.2, 0.25) is 0 Å². The zero-order chi connectivity index (χ0) is 45.0. The SMILES string of the molecule is CCCCCCOc1ccc(-c2ccc(-c3ccc(-c4ccc(C5=C6C(=O)NC(c7ccc(-c8ccc(-c9ccc(-c%10ccc(OCCCCCC)cc%10)s9)s8)s7)=C6C(=O)N5)s4)s3)s2)cc1. The second kappa shape index (κ2) is 20.3. The van der Waals surface area contributed by atoms with Gasteiger partial charge in [-0.3, -0.25) is 9.59 Å². The number of carbonyl (C=O) groups is 2. The maximum Gasteiger partial charge on any atom is 0.258 e. The molecule has 2 amide bonds. The van der Waals surface area contributed by atoms with Gasteiger partial charge in [-0.2, -0.15) is 0 Å². The molecule has 0 unspecified atom stereocenters. The molecule has 8 aromatic rings. The molecule has 334 valence electrons. The summed E-state index contributed by atoms with van der Waals surface area (Å²) in [7, 11) is 0. The van der Waals surface area contributed by atoms with Gasteiger partial charge in [0.1, 0.15) is 11.5 Å². The molecule has 2 aliphatic rings.